The van der Waals surface area contributed by atoms with Crippen LogP contribution in [0.5, 0.6) is 0 Å². The summed E-state index contributed by atoms with van der Waals surface area (Å²) in [6.07, 6.45) is 3.32. The van der Waals surface area contributed by atoms with E-state index < -0.39 is 94.7 Å². The van der Waals surface area contributed by atoms with Crippen LogP contribution in [-0.2, 0) is 56.0 Å². The largest absolute Gasteiger partial charge is 0.370 e. The number of unbranched alkanes of at least 4 members (excludes halogenated alkanes) is 1. The number of aromatic nitrogens is 2. The minimum absolute atomic E-state index is 0.00505. The van der Waals surface area contributed by atoms with Gasteiger partial charge in [-0.2, -0.15) is 0 Å². The number of hydrogen-bond donors (Lipinski definition) is 9. The summed E-state index contributed by atoms with van der Waals surface area (Å²) in [5.41, 5.74) is 17.7. The first-order valence-electron chi connectivity index (χ1n) is 21.9. The third-order valence-electron chi connectivity index (χ3n) is 11.1. The molecule has 12 N–H and O–H groups in total. The second-order valence-electron chi connectivity index (χ2n) is 16.4. The summed E-state index contributed by atoms with van der Waals surface area (Å²) in [7, 11) is 0. The van der Waals surface area contributed by atoms with Crippen LogP contribution in [-0.4, -0.2) is 106 Å². The van der Waals surface area contributed by atoms with Gasteiger partial charge in [-0.05, 0) is 44.1 Å². The lowest BCUT2D eigenvalue weighted by molar-refractivity contribution is -0.135. The van der Waals surface area contributed by atoms with Crippen LogP contribution < -0.4 is 43.8 Å². The number of amides is 6. The number of nitrogens with two attached hydrogens (primary N) is 3. The Kier molecular flexibility index (Phi) is 21.8. The van der Waals surface area contributed by atoms with Crippen molar-refractivity contribution in [1.82, 2.24) is 36.6 Å². The van der Waals surface area contributed by atoms with Gasteiger partial charge in [0.25, 0.3) is 0 Å². The van der Waals surface area contributed by atoms with E-state index in [1.807, 2.05) is 6.92 Å². The number of benzene rings is 1. The Hall–Kier alpha value is -6.47. The van der Waals surface area contributed by atoms with E-state index in [0.29, 0.717) is 24.1 Å². The molecule has 6 amide bonds. The van der Waals surface area contributed by atoms with Crippen molar-refractivity contribution in [3.05, 3.63) is 54.1 Å². The van der Waals surface area contributed by atoms with Crippen LogP contribution in [0.2, 0.25) is 0 Å². The van der Waals surface area contributed by atoms with E-state index in [1.165, 1.54) is 26.4 Å². The second kappa shape index (κ2) is 26.9. The first-order chi connectivity index (χ1) is 30.5. The van der Waals surface area contributed by atoms with Crippen LogP contribution in [0.25, 0.3) is 0 Å². The minimum atomic E-state index is -1.38. The summed E-state index contributed by atoms with van der Waals surface area (Å²) in [4.78, 5) is 133. The van der Waals surface area contributed by atoms with Crippen molar-refractivity contribution >= 4 is 58.8 Å². The van der Waals surface area contributed by atoms with Crippen LogP contribution in [0.4, 0.5) is 0 Å². The highest BCUT2D eigenvalue weighted by molar-refractivity contribution is 5.98. The molecule has 0 bridgehead atoms. The van der Waals surface area contributed by atoms with Crippen LogP contribution >= 0.6 is 0 Å². The molecule has 20 heteroatoms. The monoisotopic (exact) mass is 891 g/mol. The second-order valence-corrected chi connectivity index (χ2v) is 16.4. The molecule has 350 valence electrons. The van der Waals surface area contributed by atoms with Gasteiger partial charge >= 0.3 is 0 Å². The van der Waals surface area contributed by atoms with Crippen molar-refractivity contribution in [3.63, 3.8) is 0 Å². The molecule has 0 saturated carbocycles. The average molecular weight is 892 g/mol. The molecule has 1 fully saturated rings. The molecule has 1 saturated heterocycles. The van der Waals surface area contributed by atoms with Gasteiger partial charge in [-0.25, -0.2) is 4.98 Å². The molecule has 7 atom stereocenters. The Morgan fingerprint density at radius 1 is 0.906 bits per heavy atom. The summed E-state index contributed by atoms with van der Waals surface area (Å²) in [6.45, 7) is 4.75. The first kappa shape index (κ1) is 51.9. The van der Waals surface area contributed by atoms with E-state index in [4.69, 9.17) is 17.2 Å². The molecule has 1 aliphatic rings. The number of carbonyl (C=O) groups excluding carboxylic acids is 9. The Labute approximate surface area is 373 Å². The van der Waals surface area contributed by atoms with Gasteiger partial charge in [0.15, 0.2) is 11.7 Å². The summed E-state index contributed by atoms with van der Waals surface area (Å²) >= 11 is 0. The maximum Gasteiger partial charge on any atom is 0.243 e. The smallest absolute Gasteiger partial charge is 0.243 e. The predicted octanol–water partition coefficient (Wildman–Crippen LogP) is -0.0707. The molecular formula is C44H65N11O9. The Morgan fingerprint density at radius 2 is 1.62 bits per heavy atom. The third kappa shape index (κ3) is 18.5. The van der Waals surface area contributed by atoms with Crippen LogP contribution in [0.3, 0.4) is 0 Å². The number of nitrogens with zero attached hydrogens (tertiary/aromatic N) is 2. The molecule has 64 heavy (non-hydrogen) atoms. The topological polar surface area (TPSA) is 333 Å². The fourth-order valence-electron chi connectivity index (χ4n) is 7.34. The highest BCUT2D eigenvalue weighted by Crippen LogP contribution is 2.24. The maximum atomic E-state index is 14.5. The lowest BCUT2D eigenvalue weighted by Crippen LogP contribution is -2.58. The van der Waals surface area contributed by atoms with E-state index >= 15 is 0 Å². The number of rotatable bonds is 18. The molecule has 2 heterocycles. The predicted molar refractivity (Wildman–Crippen MR) is 236 cm³/mol. The number of Topliss-reactive ketones (excluding diaryl/α,β-unsaturated/α-hetero) is 3. The van der Waals surface area contributed by atoms with E-state index in [1.54, 1.807) is 30.3 Å². The van der Waals surface area contributed by atoms with Gasteiger partial charge in [-0.3, -0.25) is 48.1 Å². The summed E-state index contributed by atoms with van der Waals surface area (Å²) < 4.78 is 0. The van der Waals surface area contributed by atoms with Crippen molar-refractivity contribution in [1.29, 1.82) is 0 Å². The highest BCUT2D eigenvalue weighted by Gasteiger charge is 2.35. The van der Waals surface area contributed by atoms with E-state index in [0.717, 1.165) is 6.42 Å². The van der Waals surface area contributed by atoms with Crippen molar-refractivity contribution in [2.75, 3.05) is 13.1 Å². The maximum absolute atomic E-state index is 14.5. The lowest BCUT2D eigenvalue weighted by Gasteiger charge is -2.27. The Bertz CT molecular complexity index is 1940. The number of aromatic amines is 1. The van der Waals surface area contributed by atoms with Gasteiger partial charge in [0.1, 0.15) is 29.7 Å². The summed E-state index contributed by atoms with van der Waals surface area (Å²) in [5.74, 6) is -8.22. The first-order valence-corrected chi connectivity index (χ1v) is 21.9. The zero-order valence-corrected chi connectivity index (χ0v) is 37.0. The molecule has 0 unspecified atom stereocenters. The Balaban J connectivity index is 2.11. The number of H-pyrrole nitrogens is 1. The van der Waals surface area contributed by atoms with Gasteiger partial charge in [0.05, 0.1) is 12.4 Å². The van der Waals surface area contributed by atoms with Crippen molar-refractivity contribution in [3.8, 4) is 0 Å². The minimum Gasteiger partial charge on any atom is -0.370 e. The molecule has 2 aromatic rings. The quantitative estimate of drug-likeness (QED) is 0.0540. The summed E-state index contributed by atoms with van der Waals surface area (Å²) in [6, 6.07) is 3.97. The number of guanidine groups is 1. The molecule has 1 aromatic heterocycles. The lowest BCUT2D eigenvalue weighted by atomic mass is 9.82. The van der Waals surface area contributed by atoms with Gasteiger partial charge in [0, 0.05) is 81.8 Å². The van der Waals surface area contributed by atoms with Gasteiger partial charge in [-0.15, -0.1) is 0 Å². The molecule has 0 radical (unpaired) electrons. The SMILES string of the molecule is CCCC[C@H](NC(C)=O)C(=O)N[C@H]1CCC(=O)NCC[C@@H](C(=O)C[C@@H](C)C(N)=O)CC(=O)[C@H](CCCN=C(N)N)CC(=O)[C@@H](Cc2ccccc2)NC(=O)[C@H](Cc2cnc[nH]2)NC1=O. The van der Waals surface area contributed by atoms with Gasteiger partial charge in [-0.1, -0.05) is 57.0 Å². The number of nitrogens with one attached hydrogen (secondary N) is 6. The average Bonchev–Trinajstić information content (AvgIpc) is 3.76. The fourth-order valence-corrected chi connectivity index (χ4v) is 7.34. The van der Waals surface area contributed by atoms with Gasteiger partial charge < -0.3 is 48.8 Å². The fraction of sp³-hybridized carbons (Fsp3) is 0.568. The highest BCUT2D eigenvalue weighted by atomic mass is 16.2. The molecule has 3 rings (SSSR count). The number of carbonyl (C=O) groups is 9. The van der Waals surface area contributed by atoms with Crippen molar-refractivity contribution < 1.29 is 43.2 Å². The van der Waals surface area contributed by atoms with Crippen LogP contribution in [0.15, 0.2) is 47.8 Å². The third-order valence-corrected chi connectivity index (χ3v) is 11.1. The van der Waals surface area contributed by atoms with Crippen LogP contribution in [0.1, 0.15) is 103 Å². The number of aliphatic imine (C=N–C) groups is 1. The van der Waals surface area contributed by atoms with Crippen molar-refractivity contribution in [2.24, 2.45) is 39.9 Å². The number of primary amides is 1. The Morgan fingerprint density at radius 3 is 2.27 bits per heavy atom. The van der Waals surface area contributed by atoms with E-state index in [9.17, 15) is 43.2 Å². The number of imidazole rings is 1. The van der Waals surface area contributed by atoms with Crippen molar-refractivity contribution in [2.45, 2.75) is 128 Å². The standard InChI is InChI=1S/C44H65N11O9/c1-4-5-13-32(52-27(3)56)41(62)53-33-14-15-39(60)49-18-16-30(36(57)19-26(2)40(45)61)21-37(58)29(12-9-17-50-44(46)47)22-38(59)34(20-28-10-7-6-8-11-28)54-43(64)35(55-42(33)63)23-31-24-48-25-51-31/h6-8,10-11,24-26,29-30,32-35H,4-5,9,12-23H2,1-3H3,(H2,45,61)(H,48,51)(H,49,60)(H,52,56)(H,53,62)(H,54,64)(H,55,63)(H4,46,47,50)/t26-,29-,30-,32+,33+,34-,35+/m1/s1. The van der Waals surface area contributed by atoms with E-state index in [-0.39, 0.29) is 83.3 Å². The summed E-state index contributed by atoms with van der Waals surface area (Å²) in [5, 5.41) is 13.5. The zero-order valence-electron chi connectivity index (χ0n) is 37.0. The number of ketones is 3. The molecule has 20 nitrogen and oxygen atoms in total. The molecule has 1 aromatic carbocycles. The molecule has 1 aliphatic heterocycles. The molecule has 0 spiro atoms. The number of hydrogen-bond acceptors (Lipinski definition) is 11. The molecule has 0 aliphatic carbocycles. The zero-order chi connectivity index (χ0) is 47.2. The van der Waals surface area contributed by atoms with Crippen LogP contribution in [0, 0.1) is 17.8 Å². The molecular weight excluding hydrogens is 827 g/mol. The van der Waals surface area contributed by atoms with Gasteiger partial charge in [0.2, 0.25) is 35.4 Å². The normalized spacial score (nSPS) is 21.6. The van der Waals surface area contributed by atoms with E-state index in [2.05, 4.69) is 41.5 Å².